The Kier molecular flexibility index (Phi) is 5.36. The molecule has 0 spiro atoms. The molecule has 0 saturated heterocycles. The molecule has 0 fully saturated rings. The second-order valence-corrected chi connectivity index (χ2v) is 5.27. The maximum atomic E-state index is 12.7. The van der Waals surface area contributed by atoms with E-state index < -0.39 is 18.6 Å². The van der Waals surface area contributed by atoms with Crippen LogP contribution in [0.25, 0.3) is 0 Å². The first-order valence-electron chi connectivity index (χ1n) is 7.19. The van der Waals surface area contributed by atoms with E-state index in [2.05, 4.69) is 4.98 Å². The van der Waals surface area contributed by atoms with Crippen molar-refractivity contribution in [2.75, 3.05) is 11.4 Å². The summed E-state index contributed by atoms with van der Waals surface area (Å²) in [5.74, 6) is -0.583. The Morgan fingerprint density at radius 1 is 1.13 bits per heavy atom. The molecule has 0 saturated carbocycles. The second kappa shape index (κ2) is 7.26. The minimum absolute atomic E-state index is 0.00425. The number of amides is 1. The van der Waals surface area contributed by atoms with Crippen LogP contribution in [0.3, 0.4) is 0 Å². The van der Waals surface area contributed by atoms with Gasteiger partial charge >= 0.3 is 6.18 Å². The fourth-order valence-electron chi connectivity index (χ4n) is 2.13. The molecule has 0 aliphatic carbocycles. The third-order valence-corrected chi connectivity index (χ3v) is 3.31. The summed E-state index contributed by atoms with van der Waals surface area (Å²) >= 11 is 0. The molecular formula is C17H17F3N2O. The third-order valence-electron chi connectivity index (χ3n) is 3.31. The van der Waals surface area contributed by atoms with Crippen molar-refractivity contribution in [3.8, 4) is 0 Å². The molecule has 3 nitrogen and oxygen atoms in total. The van der Waals surface area contributed by atoms with Gasteiger partial charge in [-0.05, 0) is 31.0 Å². The van der Waals surface area contributed by atoms with Gasteiger partial charge in [0.05, 0.1) is 0 Å². The van der Waals surface area contributed by atoms with E-state index in [9.17, 15) is 18.0 Å². The topological polar surface area (TPSA) is 33.2 Å². The summed E-state index contributed by atoms with van der Waals surface area (Å²) < 4.78 is 38.2. The number of aryl methyl sites for hydroxylation is 2. The molecule has 0 atom stereocenters. The van der Waals surface area contributed by atoms with E-state index in [0.29, 0.717) is 11.3 Å². The zero-order valence-electron chi connectivity index (χ0n) is 12.7. The van der Waals surface area contributed by atoms with Crippen molar-refractivity contribution in [2.24, 2.45) is 0 Å². The van der Waals surface area contributed by atoms with Crippen molar-refractivity contribution in [3.63, 3.8) is 0 Å². The van der Waals surface area contributed by atoms with Gasteiger partial charge in [-0.2, -0.15) is 13.2 Å². The monoisotopic (exact) mass is 322 g/mol. The number of aromatic nitrogens is 1. The molecular weight excluding hydrogens is 305 g/mol. The highest BCUT2D eigenvalue weighted by Gasteiger charge is 2.34. The molecule has 1 amide bonds. The summed E-state index contributed by atoms with van der Waals surface area (Å²) in [6, 6.07) is 12.1. The zero-order chi connectivity index (χ0) is 16.9. The minimum Gasteiger partial charge on any atom is -0.288 e. The van der Waals surface area contributed by atoms with Crippen molar-refractivity contribution in [3.05, 3.63) is 59.8 Å². The Hall–Kier alpha value is -2.37. The van der Waals surface area contributed by atoms with Crippen LogP contribution in [0.5, 0.6) is 0 Å². The van der Waals surface area contributed by atoms with Crippen LogP contribution in [0.15, 0.2) is 48.7 Å². The summed E-state index contributed by atoms with van der Waals surface area (Å²) in [5, 5.41) is 0. The largest absolute Gasteiger partial charge is 0.406 e. The predicted molar refractivity (Wildman–Crippen MR) is 82.1 cm³/mol. The maximum Gasteiger partial charge on any atom is 0.406 e. The van der Waals surface area contributed by atoms with Crippen LogP contribution in [-0.2, 0) is 11.2 Å². The molecule has 0 unspecified atom stereocenters. The molecule has 0 radical (unpaired) electrons. The standard InChI is InChI=1S/C17H17F3N2O/c1-13-5-7-14(8-6-13)9-10-16(23)22(12-17(18,19)20)15-4-2-3-11-21-15/h2-8,11H,9-10,12H2,1H3. The van der Waals surface area contributed by atoms with Gasteiger partial charge in [0.1, 0.15) is 12.4 Å². The Morgan fingerprint density at radius 3 is 2.39 bits per heavy atom. The molecule has 23 heavy (non-hydrogen) atoms. The van der Waals surface area contributed by atoms with Gasteiger partial charge in [0.25, 0.3) is 0 Å². The van der Waals surface area contributed by atoms with Gasteiger partial charge in [-0.25, -0.2) is 4.98 Å². The third kappa shape index (κ3) is 5.39. The first kappa shape index (κ1) is 17.0. The summed E-state index contributed by atoms with van der Waals surface area (Å²) in [6.07, 6.45) is -2.72. The Labute approximate surface area is 132 Å². The second-order valence-electron chi connectivity index (χ2n) is 5.27. The fraction of sp³-hybridized carbons (Fsp3) is 0.294. The highest BCUT2D eigenvalue weighted by atomic mass is 19.4. The molecule has 0 aliphatic heterocycles. The number of hydrogen-bond donors (Lipinski definition) is 0. The number of carbonyl (C=O) groups is 1. The van der Waals surface area contributed by atoms with Crippen LogP contribution in [0.4, 0.5) is 19.0 Å². The lowest BCUT2D eigenvalue weighted by atomic mass is 10.1. The SMILES string of the molecule is Cc1ccc(CCC(=O)N(CC(F)(F)F)c2ccccn2)cc1. The molecule has 1 aromatic carbocycles. The average Bonchev–Trinajstić information content (AvgIpc) is 2.52. The maximum absolute atomic E-state index is 12.7. The number of carbonyl (C=O) groups excluding carboxylic acids is 1. The van der Waals surface area contributed by atoms with E-state index in [0.717, 1.165) is 11.1 Å². The Morgan fingerprint density at radius 2 is 1.83 bits per heavy atom. The fourth-order valence-corrected chi connectivity index (χ4v) is 2.13. The van der Waals surface area contributed by atoms with Gasteiger partial charge in [0, 0.05) is 12.6 Å². The predicted octanol–water partition coefficient (Wildman–Crippen LogP) is 3.92. The quantitative estimate of drug-likeness (QED) is 0.836. The Balaban J connectivity index is 2.08. The highest BCUT2D eigenvalue weighted by Crippen LogP contribution is 2.21. The van der Waals surface area contributed by atoms with Crippen LogP contribution in [0.2, 0.25) is 0 Å². The number of rotatable bonds is 5. The summed E-state index contributed by atoms with van der Waals surface area (Å²) in [6.45, 7) is 0.609. The lowest BCUT2D eigenvalue weighted by molar-refractivity contribution is -0.132. The van der Waals surface area contributed by atoms with E-state index in [1.807, 2.05) is 31.2 Å². The molecule has 0 aliphatic rings. The zero-order valence-corrected chi connectivity index (χ0v) is 12.7. The highest BCUT2D eigenvalue weighted by molar-refractivity contribution is 5.92. The molecule has 6 heteroatoms. The Bertz CT molecular complexity index is 639. The van der Waals surface area contributed by atoms with Crippen molar-refractivity contribution in [1.29, 1.82) is 0 Å². The number of hydrogen-bond acceptors (Lipinski definition) is 2. The van der Waals surface area contributed by atoms with Crippen LogP contribution >= 0.6 is 0 Å². The first-order chi connectivity index (χ1) is 10.8. The van der Waals surface area contributed by atoms with Gasteiger partial charge in [-0.3, -0.25) is 9.69 Å². The normalized spacial score (nSPS) is 11.3. The molecule has 1 heterocycles. The van der Waals surface area contributed by atoms with Crippen LogP contribution < -0.4 is 4.90 Å². The van der Waals surface area contributed by atoms with E-state index in [4.69, 9.17) is 0 Å². The van der Waals surface area contributed by atoms with E-state index in [1.54, 1.807) is 12.1 Å². The van der Waals surface area contributed by atoms with Crippen LogP contribution in [0, 0.1) is 6.92 Å². The molecule has 2 rings (SSSR count). The van der Waals surface area contributed by atoms with Crippen molar-refractivity contribution in [1.82, 2.24) is 4.98 Å². The van der Waals surface area contributed by atoms with Crippen molar-refractivity contribution >= 4 is 11.7 Å². The first-order valence-corrected chi connectivity index (χ1v) is 7.19. The van der Waals surface area contributed by atoms with E-state index in [-0.39, 0.29) is 12.2 Å². The number of halogens is 3. The summed E-state index contributed by atoms with van der Waals surface area (Å²) in [7, 11) is 0. The van der Waals surface area contributed by atoms with Gasteiger partial charge in [0.2, 0.25) is 5.91 Å². The number of anilines is 1. The molecule has 122 valence electrons. The number of alkyl halides is 3. The smallest absolute Gasteiger partial charge is 0.288 e. The summed E-state index contributed by atoms with van der Waals surface area (Å²) in [5.41, 5.74) is 2.00. The van der Waals surface area contributed by atoms with Crippen LogP contribution in [-0.4, -0.2) is 23.6 Å². The molecule has 0 bridgehead atoms. The van der Waals surface area contributed by atoms with E-state index >= 15 is 0 Å². The van der Waals surface area contributed by atoms with Crippen molar-refractivity contribution < 1.29 is 18.0 Å². The molecule has 0 N–H and O–H groups in total. The van der Waals surface area contributed by atoms with Gasteiger partial charge in [-0.15, -0.1) is 0 Å². The van der Waals surface area contributed by atoms with Gasteiger partial charge < -0.3 is 0 Å². The van der Waals surface area contributed by atoms with Crippen LogP contribution in [0.1, 0.15) is 17.5 Å². The number of nitrogens with zero attached hydrogens (tertiary/aromatic N) is 2. The minimum atomic E-state index is -4.48. The van der Waals surface area contributed by atoms with E-state index in [1.165, 1.54) is 12.3 Å². The molecule has 2 aromatic rings. The summed E-state index contributed by atoms with van der Waals surface area (Å²) in [4.78, 5) is 16.8. The lowest BCUT2D eigenvalue weighted by Gasteiger charge is -2.23. The van der Waals surface area contributed by atoms with Gasteiger partial charge in [-0.1, -0.05) is 35.9 Å². The molecule has 1 aromatic heterocycles. The lowest BCUT2D eigenvalue weighted by Crippen LogP contribution is -2.39. The number of pyridine rings is 1. The average molecular weight is 322 g/mol. The van der Waals surface area contributed by atoms with Crippen molar-refractivity contribution in [2.45, 2.75) is 25.9 Å². The van der Waals surface area contributed by atoms with Gasteiger partial charge in [0.15, 0.2) is 0 Å². The number of benzene rings is 1.